The summed E-state index contributed by atoms with van der Waals surface area (Å²) in [5.41, 5.74) is 7.45. The maximum absolute atomic E-state index is 5.69. The van der Waals surface area contributed by atoms with Gasteiger partial charge in [-0.1, -0.05) is 6.07 Å². The fraction of sp³-hybridized carbons (Fsp3) is 0.214. The van der Waals surface area contributed by atoms with Gasteiger partial charge in [0, 0.05) is 24.5 Å². The van der Waals surface area contributed by atoms with E-state index in [1.165, 1.54) is 0 Å². The third-order valence-corrected chi connectivity index (χ3v) is 2.71. The van der Waals surface area contributed by atoms with Gasteiger partial charge < -0.3 is 20.5 Å². The minimum absolute atomic E-state index is 0.636. The third kappa shape index (κ3) is 3.28. The van der Waals surface area contributed by atoms with Gasteiger partial charge in [0.25, 0.3) is 0 Å². The highest BCUT2D eigenvalue weighted by Gasteiger charge is 2.04. The number of nitrogens with one attached hydrogen (secondary N) is 1. The number of benzene rings is 1. The molecule has 5 nitrogen and oxygen atoms in total. The molecule has 1 aromatic carbocycles. The van der Waals surface area contributed by atoms with Gasteiger partial charge in [0.1, 0.15) is 5.82 Å². The van der Waals surface area contributed by atoms with Crippen LogP contribution in [-0.2, 0) is 6.54 Å². The van der Waals surface area contributed by atoms with Crippen molar-refractivity contribution in [1.29, 1.82) is 0 Å². The van der Waals surface area contributed by atoms with Gasteiger partial charge in [0.15, 0.2) is 11.5 Å². The second-order valence-electron chi connectivity index (χ2n) is 4.02. The molecule has 5 heteroatoms. The molecule has 2 aromatic rings. The normalized spacial score (nSPS) is 10.0. The van der Waals surface area contributed by atoms with Crippen molar-refractivity contribution in [2.75, 3.05) is 25.3 Å². The summed E-state index contributed by atoms with van der Waals surface area (Å²) in [6.45, 7) is 0.636. The van der Waals surface area contributed by atoms with Crippen LogP contribution < -0.4 is 20.5 Å². The van der Waals surface area contributed by atoms with Gasteiger partial charge in [-0.15, -0.1) is 0 Å². The summed E-state index contributed by atoms with van der Waals surface area (Å²) in [6, 6.07) is 9.32. The quantitative estimate of drug-likeness (QED) is 0.862. The molecule has 1 heterocycles. The molecule has 0 aliphatic heterocycles. The lowest BCUT2D eigenvalue weighted by atomic mass is 10.2. The summed E-state index contributed by atoms with van der Waals surface area (Å²) in [5.74, 6) is 2.17. The first-order chi connectivity index (χ1) is 9.22. The molecule has 2 rings (SSSR count). The van der Waals surface area contributed by atoms with Crippen molar-refractivity contribution in [3.63, 3.8) is 0 Å². The molecule has 0 amide bonds. The Morgan fingerprint density at radius 1 is 1.11 bits per heavy atom. The number of nitrogens with two attached hydrogens (primary N) is 1. The van der Waals surface area contributed by atoms with Crippen molar-refractivity contribution in [2.24, 2.45) is 0 Å². The molecule has 0 aliphatic rings. The number of ether oxygens (including phenoxy) is 2. The molecule has 0 atom stereocenters. The summed E-state index contributed by atoms with van der Waals surface area (Å²) < 4.78 is 10.5. The summed E-state index contributed by atoms with van der Waals surface area (Å²) in [7, 11) is 3.24. The van der Waals surface area contributed by atoms with E-state index in [0.29, 0.717) is 23.7 Å². The molecule has 0 bridgehead atoms. The van der Waals surface area contributed by atoms with Gasteiger partial charge in [-0.2, -0.15) is 0 Å². The zero-order valence-electron chi connectivity index (χ0n) is 11.0. The van der Waals surface area contributed by atoms with E-state index in [0.717, 1.165) is 11.4 Å². The fourth-order valence-corrected chi connectivity index (χ4v) is 1.73. The molecular formula is C14H17N3O2. The molecule has 1 aromatic heterocycles. The standard InChI is InChI=1S/C14H17N3O2/c1-18-12-4-3-10(7-13(12)19-2)9-17-14-8-11(15)5-6-16-14/h3-8H,9H2,1-2H3,(H3,15,16,17). The van der Waals surface area contributed by atoms with Crippen LogP contribution in [0.15, 0.2) is 36.5 Å². The Bertz CT molecular complexity index is 558. The minimum Gasteiger partial charge on any atom is -0.493 e. The van der Waals surface area contributed by atoms with E-state index in [4.69, 9.17) is 15.2 Å². The summed E-state index contributed by atoms with van der Waals surface area (Å²) >= 11 is 0. The van der Waals surface area contributed by atoms with Crippen LogP contribution in [-0.4, -0.2) is 19.2 Å². The highest BCUT2D eigenvalue weighted by molar-refractivity contribution is 5.49. The SMILES string of the molecule is COc1ccc(CNc2cc(N)ccn2)cc1OC. The maximum Gasteiger partial charge on any atom is 0.161 e. The highest BCUT2D eigenvalue weighted by Crippen LogP contribution is 2.27. The lowest BCUT2D eigenvalue weighted by Crippen LogP contribution is -2.02. The van der Waals surface area contributed by atoms with E-state index < -0.39 is 0 Å². The molecule has 3 N–H and O–H groups in total. The molecule has 0 spiro atoms. The number of rotatable bonds is 5. The summed E-state index contributed by atoms with van der Waals surface area (Å²) in [6.07, 6.45) is 1.67. The van der Waals surface area contributed by atoms with Gasteiger partial charge >= 0.3 is 0 Å². The van der Waals surface area contributed by atoms with Crippen LogP contribution in [0.25, 0.3) is 0 Å². The van der Waals surface area contributed by atoms with E-state index in [2.05, 4.69) is 10.3 Å². The van der Waals surface area contributed by atoms with Crippen molar-refractivity contribution in [2.45, 2.75) is 6.54 Å². The Morgan fingerprint density at radius 3 is 2.58 bits per heavy atom. The van der Waals surface area contributed by atoms with Crippen molar-refractivity contribution in [3.05, 3.63) is 42.1 Å². The van der Waals surface area contributed by atoms with Crippen molar-refractivity contribution in [1.82, 2.24) is 4.98 Å². The van der Waals surface area contributed by atoms with Gasteiger partial charge in [-0.05, 0) is 23.8 Å². The van der Waals surface area contributed by atoms with E-state index in [1.807, 2.05) is 18.2 Å². The van der Waals surface area contributed by atoms with Crippen molar-refractivity contribution >= 4 is 11.5 Å². The average Bonchev–Trinajstić information content (AvgIpc) is 2.45. The first kappa shape index (κ1) is 13.0. The van der Waals surface area contributed by atoms with Gasteiger partial charge in [0.05, 0.1) is 14.2 Å². The lowest BCUT2D eigenvalue weighted by molar-refractivity contribution is 0.354. The third-order valence-electron chi connectivity index (χ3n) is 2.71. The smallest absolute Gasteiger partial charge is 0.161 e. The minimum atomic E-state index is 0.636. The molecule has 0 unspecified atom stereocenters. The van der Waals surface area contributed by atoms with Crippen LogP contribution in [0.4, 0.5) is 11.5 Å². The number of anilines is 2. The first-order valence-corrected chi connectivity index (χ1v) is 5.89. The van der Waals surface area contributed by atoms with Crippen molar-refractivity contribution < 1.29 is 9.47 Å². The first-order valence-electron chi connectivity index (χ1n) is 5.89. The Balaban J connectivity index is 2.07. The summed E-state index contributed by atoms with van der Waals surface area (Å²) in [4.78, 5) is 4.18. The number of nitrogens with zero attached hydrogens (tertiary/aromatic N) is 1. The molecule has 19 heavy (non-hydrogen) atoms. The molecule has 0 aliphatic carbocycles. The Kier molecular flexibility index (Phi) is 4.07. The second-order valence-corrected chi connectivity index (χ2v) is 4.02. The monoisotopic (exact) mass is 259 g/mol. The van der Waals surface area contributed by atoms with Crippen LogP contribution in [0.5, 0.6) is 11.5 Å². The number of methoxy groups -OCH3 is 2. The average molecular weight is 259 g/mol. The predicted octanol–water partition coefficient (Wildman–Crippen LogP) is 2.29. The number of pyridine rings is 1. The summed E-state index contributed by atoms with van der Waals surface area (Å²) in [5, 5.41) is 3.20. The van der Waals surface area contributed by atoms with Crippen LogP contribution in [0, 0.1) is 0 Å². The number of nitrogen functional groups attached to an aromatic ring is 1. The molecular weight excluding hydrogens is 242 g/mol. The van der Waals surface area contributed by atoms with E-state index in [9.17, 15) is 0 Å². The van der Waals surface area contributed by atoms with Crippen molar-refractivity contribution in [3.8, 4) is 11.5 Å². The zero-order valence-corrected chi connectivity index (χ0v) is 11.0. The van der Waals surface area contributed by atoms with Crippen LogP contribution in [0.2, 0.25) is 0 Å². The van der Waals surface area contributed by atoms with Crippen LogP contribution >= 0.6 is 0 Å². The Morgan fingerprint density at radius 2 is 1.89 bits per heavy atom. The second kappa shape index (κ2) is 5.95. The van der Waals surface area contributed by atoms with E-state index in [-0.39, 0.29) is 0 Å². The maximum atomic E-state index is 5.69. The molecule has 0 fully saturated rings. The van der Waals surface area contributed by atoms with E-state index in [1.54, 1.807) is 32.5 Å². The number of hydrogen-bond donors (Lipinski definition) is 2. The predicted molar refractivity (Wildman–Crippen MR) is 75.5 cm³/mol. The van der Waals surface area contributed by atoms with Gasteiger partial charge in [0.2, 0.25) is 0 Å². The zero-order chi connectivity index (χ0) is 13.7. The molecule has 100 valence electrons. The lowest BCUT2D eigenvalue weighted by Gasteiger charge is -2.10. The van der Waals surface area contributed by atoms with E-state index >= 15 is 0 Å². The van der Waals surface area contributed by atoms with Gasteiger partial charge in [-0.25, -0.2) is 4.98 Å². The number of hydrogen-bond acceptors (Lipinski definition) is 5. The van der Waals surface area contributed by atoms with Crippen LogP contribution in [0.1, 0.15) is 5.56 Å². The molecule has 0 saturated heterocycles. The highest BCUT2D eigenvalue weighted by atomic mass is 16.5. The molecule has 0 saturated carbocycles. The largest absolute Gasteiger partial charge is 0.493 e. The fourth-order valence-electron chi connectivity index (χ4n) is 1.73. The topological polar surface area (TPSA) is 69.4 Å². The molecule has 0 radical (unpaired) electrons. The Labute approximate surface area is 112 Å². The number of aromatic nitrogens is 1. The van der Waals surface area contributed by atoms with Gasteiger partial charge in [-0.3, -0.25) is 0 Å². The van der Waals surface area contributed by atoms with Crippen LogP contribution in [0.3, 0.4) is 0 Å². The Hall–Kier alpha value is -2.43.